The Balaban J connectivity index is 1.47. The van der Waals surface area contributed by atoms with Crippen molar-refractivity contribution in [3.8, 4) is 0 Å². The van der Waals surface area contributed by atoms with Crippen molar-refractivity contribution in [2.75, 3.05) is 5.32 Å². The van der Waals surface area contributed by atoms with E-state index in [0.717, 1.165) is 35.0 Å². The Morgan fingerprint density at radius 2 is 1.92 bits per heavy atom. The van der Waals surface area contributed by atoms with Gasteiger partial charge in [0.25, 0.3) is 0 Å². The number of hydrogen-bond acceptors (Lipinski definition) is 6. The Labute approximate surface area is 221 Å². The Morgan fingerprint density at radius 1 is 1.13 bits per heavy atom. The van der Waals surface area contributed by atoms with Crippen LogP contribution in [-0.2, 0) is 22.3 Å². The van der Waals surface area contributed by atoms with E-state index in [0.29, 0.717) is 5.76 Å². The van der Waals surface area contributed by atoms with Gasteiger partial charge in [-0.1, -0.05) is 54.2 Å². The predicted octanol–water partition coefficient (Wildman–Crippen LogP) is 6.22. The standard InChI is InChI=1S/C27H23F3N4O3S/c1-18(13-19-7-3-2-4-8-19)16-31-33-26-34(17-22-11-6-12-37-22)25(36)23(38-26)15-24(35)32-21-10-5-9-20(14-21)27(28,29)30/h2-14,16,23H,15,17H2,1H3,(H,32,35)/b18-13+,31-16-,33-26-/t23-/m0/s1. The van der Waals surface area contributed by atoms with Crippen LogP contribution >= 0.6 is 11.8 Å². The number of rotatable bonds is 8. The third-order valence-electron chi connectivity index (χ3n) is 5.36. The molecule has 11 heteroatoms. The largest absolute Gasteiger partial charge is 0.467 e. The van der Waals surface area contributed by atoms with Crippen LogP contribution in [0.25, 0.3) is 6.08 Å². The van der Waals surface area contributed by atoms with E-state index in [1.54, 1.807) is 18.3 Å². The molecule has 0 unspecified atom stereocenters. The number of amides is 2. The zero-order valence-corrected chi connectivity index (χ0v) is 21.0. The van der Waals surface area contributed by atoms with Gasteiger partial charge >= 0.3 is 6.18 Å². The quantitative estimate of drug-likeness (QED) is 0.272. The van der Waals surface area contributed by atoms with E-state index in [1.807, 2.05) is 43.3 Å². The number of anilines is 1. The molecule has 2 heterocycles. The minimum atomic E-state index is -4.54. The summed E-state index contributed by atoms with van der Waals surface area (Å²) >= 11 is 1.06. The van der Waals surface area contributed by atoms with Crippen LogP contribution < -0.4 is 5.32 Å². The second-order valence-corrected chi connectivity index (χ2v) is 9.54. The molecule has 0 spiro atoms. The van der Waals surface area contributed by atoms with Gasteiger partial charge in [0.2, 0.25) is 11.8 Å². The number of thioether (sulfide) groups is 1. The zero-order chi connectivity index (χ0) is 27.1. The van der Waals surface area contributed by atoms with Gasteiger partial charge in [-0.3, -0.25) is 14.5 Å². The van der Waals surface area contributed by atoms with Crippen LogP contribution in [0.3, 0.4) is 0 Å². The number of nitrogens with one attached hydrogen (secondary N) is 1. The number of allylic oxidation sites excluding steroid dienone is 1. The second-order valence-electron chi connectivity index (χ2n) is 8.37. The lowest BCUT2D eigenvalue weighted by atomic mass is 10.1. The van der Waals surface area contributed by atoms with Crippen LogP contribution in [0, 0.1) is 0 Å². The second kappa shape index (κ2) is 12.0. The van der Waals surface area contributed by atoms with Crippen LogP contribution in [0.1, 0.15) is 30.2 Å². The first-order valence-electron chi connectivity index (χ1n) is 11.5. The molecule has 0 radical (unpaired) electrons. The molecule has 1 fully saturated rings. The molecule has 1 aliphatic rings. The summed E-state index contributed by atoms with van der Waals surface area (Å²) in [4.78, 5) is 27.1. The van der Waals surface area contributed by atoms with Gasteiger partial charge in [0, 0.05) is 12.1 Å². The van der Waals surface area contributed by atoms with Gasteiger partial charge in [0.05, 0.1) is 24.6 Å². The van der Waals surface area contributed by atoms with Crippen molar-refractivity contribution in [2.45, 2.75) is 31.3 Å². The lowest BCUT2D eigenvalue weighted by Crippen LogP contribution is -2.33. The minimum Gasteiger partial charge on any atom is -0.467 e. The Hall–Kier alpha value is -4.12. The highest BCUT2D eigenvalue weighted by Crippen LogP contribution is 2.33. The highest BCUT2D eigenvalue weighted by molar-refractivity contribution is 8.15. The molecule has 2 amide bonds. The molecular weight excluding hydrogens is 517 g/mol. The maximum atomic E-state index is 13.1. The van der Waals surface area contributed by atoms with E-state index < -0.39 is 22.9 Å². The third kappa shape index (κ3) is 7.22. The summed E-state index contributed by atoms with van der Waals surface area (Å²) < 4.78 is 44.3. The van der Waals surface area contributed by atoms with E-state index >= 15 is 0 Å². The topological polar surface area (TPSA) is 87.3 Å². The van der Waals surface area contributed by atoms with Gasteiger partial charge in [-0.2, -0.15) is 18.3 Å². The number of alkyl halides is 3. The van der Waals surface area contributed by atoms with Crippen molar-refractivity contribution in [3.63, 3.8) is 0 Å². The molecule has 1 aromatic heterocycles. The molecule has 4 rings (SSSR count). The van der Waals surface area contributed by atoms with E-state index in [1.165, 1.54) is 23.3 Å². The number of hydrogen-bond donors (Lipinski definition) is 1. The van der Waals surface area contributed by atoms with Crippen molar-refractivity contribution < 1.29 is 27.2 Å². The molecule has 1 atom stereocenters. The van der Waals surface area contributed by atoms with Gasteiger partial charge in [-0.05, 0) is 48.4 Å². The predicted molar refractivity (Wildman–Crippen MR) is 141 cm³/mol. The van der Waals surface area contributed by atoms with Gasteiger partial charge in [-0.15, -0.1) is 5.10 Å². The van der Waals surface area contributed by atoms with Crippen LogP contribution in [0.5, 0.6) is 0 Å². The molecule has 1 N–H and O–H groups in total. The summed E-state index contributed by atoms with van der Waals surface area (Å²) in [7, 11) is 0. The van der Waals surface area contributed by atoms with Crippen molar-refractivity contribution in [3.05, 3.63) is 95.5 Å². The van der Waals surface area contributed by atoms with Crippen molar-refractivity contribution in [2.24, 2.45) is 10.2 Å². The highest BCUT2D eigenvalue weighted by Gasteiger charge is 2.40. The molecular formula is C27H23F3N4O3S. The number of carbonyl (C=O) groups is 2. The third-order valence-corrected chi connectivity index (χ3v) is 6.52. The lowest BCUT2D eigenvalue weighted by Gasteiger charge is -2.14. The first kappa shape index (κ1) is 26.9. The maximum absolute atomic E-state index is 13.1. The summed E-state index contributed by atoms with van der Waals surface area (Å²) in [6.45, 7) is 1.96. The van der Waals surface area contributed by atoms with Gasteiger partial charge in [-0.25, -0.2) is 0 Å². The molecule has 7 nitrogen and oxygen atoms in total. The molecule has 1 aliphatic heterocycles. The Morgan fingerprint density at radius 3 is 2.63 bits per heavy atom. The number of benzene rings is 2. The maximum Gasteiger partial charge on any atom is 0.416 e. The molecule has 0 bridgehead atoms. The number of furan rings is 1. The molecule has 1 saturated heterocycles. The SMILES string of the molecule is CC(/C=N\N=C1/S[C@@H](CC(=O)Nc2cccc(C(F)(F)F)c2)C(=O)N1Cc1ccco1)=C\c1ccccc1. The smallest absolute Gasteiger partial charge is 0.416 e. The average Bonchev–Trinajstić information content (AvgIpc) is 3.49. The van der Waals surface area contributed by atoms with Crippen LogP contribution in [0.4, 0.5) is 18.9 Å². The highest BCUT2D eigenvalue weighted by atomic mass is 32.2. The zero-order valence-electron chi connectivity index (χ0n) is 20.2. The fourth-order valence-corrected chi connectivity index (χ4v) is 4.69. The molecule has 3 aromatic rings. The number of halogens is 3. The normalized spacial score (nSPS) is 17.5. The van der Waals surface area contributed by atoms with Crippen LogP contribution in [0.15, 0.2) is 93.2 Å². The molecule has 38 heavy (non-hydrogen) atoms. The van der Waals surface area contributed by atoms with Crippen LogP contribution in [0.2, 0.25) is 0 Å². The first-order chi connectivity index (χ1) is 18.2. The molecule has 0 saturated carbocycles. The molecule has 196 valence electrons. The fraction of sp³-hybridized carbons (Fsp3) is 0.185. The molecule has 2 aromatic carbocycles. The minimum absolute atomic E-state index is 0.00752. The molecule has 0 aliphatic carbocycles. The number of carbonyl (C=O) groups excluding carboxylic acids is 2. The number of nitrogens with zero attached hydrogens (tertiary/aromatic N) is 3. The fourth-order valence-electron chi connectivity index (χ4n) is 3.59. The average molecular weight is 541 g/mol. The van der Waals surface area contributed by atoms with E-state index in [4.69, 9.17) is 4.42 Å². The Bertz CT molecular complexity index is 1370. The monoisotopic (exact) mass is 540 g/mol. The number of amidine groups is 1. The van der Waals surface area contributed by atoms with Crippen LogP contribution in [-0.4, -0.2) is 33.3 Å². The van der Waals surface area contributed by atoms with Crippen molar-refractivity contribution in [1.29, 1.82) is 0 Å². The summed E-state index contributed by atoms with van der Waals surface area (Å²) in [5.41, 5.74) is 0.951. The van der Waals surface area contributed by atoms with Gasteiger partial charge in [0.15, 0.2) is 5.17 Å². The first-order valence-corrected chi connectivity index (χ1v) is 12.4. The van der Waals surface area contributed by atoms with E-state index in [2.05, 4.69) is 15.5 Å². The van der Waals surface area contributed by atoms with Crippen molar-refractivity contribution in [1.82, 2.24) is 4.90 Å². The lowest BCUT2D eigenvalue weighted by molar-refractivity contribution is -0.137. The summed E-state index contributed by atoms with van der Waals surface area (Å²) in [6.07, 6.45) is 0.173. The summed E-state index contributed by atoms with van der Waals surface area (Å²) in [5, 5.41) is 10.2. The van der Waals surface area contributed by atoms with Crippen molar-refractivity contribution >= 4 is 46.7 Å². The van der Waals surface area contributed by atoms with Gasteiger partial charge in [0.1, 0.15) is 11.0 Å². The Kier molecular flexibility index (Phi) is 8.47. The van der Waals surface area contributed by atoms with E-state index in [-0.39, 0.29) is 29.7 Å². The van der Waals surface area contributed by atoms with E-state index in [9.17, 15) is 22.8 Å². The summed E-state index contributed by atoms with van der Waals surface area (Å²) in [5.74, 6) is -0.458. The summed E-state index contributed by atoms with van der Waals surface area (Å²) in [6, 6.07) is 17.4. The van der Waals surface area contributed by atoms with Gasteiger partial charge < -0.3 is 9.73 Å².